The molecule has 1 fully saturated rings. The largest absolute Gasteiger partial charge is 0.486 e. The molecule has 1 amide bonds. The Kier molecular flexibility index (Phi) is 5.77. The van der Waals surface area contributed by atoms with Crippen molar-refractivity contribution >= 4 is 35.2 Å². The van der Waals surface area contributed by atoms with E-state index in [-0.39, 0.29) is 0 Å². The van der Waals surface area contributed by atoms with Crippen LogP contribution in [0.2, 0.25) is 0 Å². The molecule has 0 spiro atoms. The molecule has 9 nitrogen and oxygen atoms in total. The van der Waals surface area contributed by atoms with Crippen molar-refractivity contribution in [3.63, 3.8) is 0 Å². The number of nitrogens with two attached hydrogens (primary N) is 1. The van der Waals surface area contributed by atoms with Gasteiger partial charge in [0, 0.05) is 24.5 Å². The Balaban J connectivity index is 1.43. The summed E-state index contributed by atoms with van der Waals surface area (Å²) in [6.07, 6.45) is 5.47. The number of piperidine rings is 1. The number of benzene rings is 1. The van der Waals surface area contributed by atoms with E-state index in [0.29, 0.717) is 30.5 Å². The van der Waals surface area contributed by atoms with Crippen molar-refractivity contribution in [2.45, 2.75) is 42.8 Å². The number of imidazole rings is 1. The summed E-state index contributed by atoms with van der Waals surface area (Å²) in [5, 5.41) is 0.831. The number of anilines is 1. The van der Waals surface area contributed by atoms with Gasteiger partial charge in [-0.3, -0.25) is 4.79 Å². The molecule has 0 unspecified atom stereocenters. The summed E-state index contributed by atoms with van der Waals surface area (Å²) in [4.78, 5) is 27.3. The van der Waals surface area contributed by atoms with Gasteiger partial charge >= 0.3 is 0 Å². The molecule has 0 saturated carbocycles. The van der Waals surface area contributed by atoms with Crippen LogP contribution in [0.4, 0.5) is 5.82 Å². The molecule has 2 aromatic heterocycles. The number of nitrogens with zero attached hydrogens (tertiary/aromatic N) is 5. The Bertz CT molecular complexity index is 1140. The maximum Gasteiger partial charge on any atom is 0.209 e. The van der Waals surface area contributed by atoms with Gasteiger partial charge in [0.1, 0.15) is 19.5 Å². The number of aromatic nitrogens is 4. The zero-order chi connectivity index (χ0) is 22.1. The molecule has 32 heavy (non-hydrogen) atoms. The van der Waals surface area contributed by atoms with E-state index in [1.165, 1.54) is 6.33 Å². The second-order valence-corrected chi connectivity index (χ2v) is 9.22. The highest BCUT2D eigenvalue weighted by atomic mass is 32.2. The fraction of sp³-hybridized carbons (Fsp3) is 0.455. The number of rotatable bonds is 6. The fourth-order valence-electron chi connectivity index (χ4n) is 4.25. The molecule has 0 bridgehead atoms. The van der Waals surface area contributed by atoms with Gasteiger partial charge in [-0.05, 0) is 49.8 Å². The number of ether oxygens (including phenoxy) is 2. The minimum atomic E-state index is 0.383. The number of carbonyl (C=O) groups is 1. The number of amides is 1. The smallest absolute Gasteiger partial charge is 0.209 e. The van der Waals surface area contributed by atoms with Crippen molar-refractivity contribution in [1.29, 1.82) is 0 Å². The molecule has 10 heteroatoms. The highest BCUT2D eigenvalue weighted by molar-refractivity contribution is 7.99. The van der Waals surface area contributed by atoms with Crippen LogP contribution in [0.3, 0.4) is 0 Å². The van der Waals surface area contributed by atoms with Gasteiger partial charge in [-0.15, -0.1) is 0 Å². The van der Waals surface area contributed by atoms with Crippen molar-refractivity contribution in [3.05, 3.63) is 24.0 Å². The lowest BCUT2D eigenvalue weighted by Gasteiger charge is -2.29. The molecule has 5 rings (SSSR count). The number of hydrogen-bond donors (Lipinski definition) is 1. The molecule has 0 atom stereocenters. The zero-order valence-electron chi connectivity index (χ0n) is 18.0. The van der Waals surface area contributed by atoms with Crippen molar-refractivity contribution in [2.24, 2.45) is 5.92 Å². The topological polar surface area (TPSA) is 108 Å². The highest BCUT2D eigenvalue weighted by Crippen LogP contribution is 2.40. The maximum absolute atomic E-state index is 11.0. The minimum absolute atomic E-state index is 0.383. The second-order valence-electron chi connectivity index (χ2n) is 8.21. The summed E-state index contributed by atoms with van der Waals surface area (Å²) < 4.78 is 13.6. The van der Waals surface area contributed by atoms with E-state index in [9.17, 15) is 4.79 Å². The molecule has 1 aromatic carbocycles. The van der Waals surface area contributed by atoms with Crippen LogP contribution in [-0.2, 0) is 11.3 Å². The zero-order valence-corrected chi connectivity index (χ0v) is 18.8. The number of aryl methyl sites for hydroxylation is 2. The number of likely N-dealkylation sites (tertiary alicyclic amines) is 1. The number of nitrogen functional groups attached to an aromatic ring is 1. The van der Waals surface area contributed by atoms with Crippen LogP contribution in [0.25, 0.3) is 11.2 Å². The third-order valence-electron chi connectivity index (χ3n) is 6.13. The van der Waals surface area contributed by atoms with Crippen LogP contribution in [-0.4, -0.2) is 57.1 Å². The van der Waals surface area contributed by atoms with E-state index in [1.54, 1.807) is 11.8 Å². The molecule has 0 aliphatic carbocycles. The van der Waals surface area contributed by atoms with E-state index in [2.05, 4.69) is 21.5 Å². The third kappa shape index (κ3) is 4.06. The molecule has 3 aromatic rings. The van der Waals surface area contributed by atoms with Crippen LogP contribution in [0.1, 0.15) is 24.8 Å². The molecular formula is C22H26N6O3S. The Morgan fingerprint density at radius 1 is 1.19 bits per heavy atom. The van der Waals surface area contributed by atoms with Gasteiger partial charge in [0.05, 0.1) is 0 Å². The molecule has 2 aliphatic rings. The molecule has 4 heterocycles. The van der Waals surface area contributed by atoms with Crippen molar-refractivity contribution in [2.75, 3.05) is 32.0 Å². The SMILES string of the molecule is Cc1cc2c(cc1Sc1nc3c(N)ncnc3n1CCC1CCN(C=O)CC1)OCCO2. The summed E-state index contributed by atoms with van der Waals surface area (Å²) in [5.41, 5.74) is 8.58. The van der Waals surface area contributed by atoms with E-state index in [1.807, 2.05) is 17.0 Å². The summed E-state index contributed by atoms with van der Waals surface area (Å²) in [6, 6.07) is 4.03. The fourth-order valence-corrected chi connectivity index (χ4v) is 5.26. The first-order valence-corrected chi connectivity index (χ1v) is 11.7. The van der Waals surface area contributed by atoms with E-state index < -0.39 is 0 Å². The van der Waals surface area contributed by atoms with E-state index in [0.717, 1.165) is 78.1 Å². The highest BCUT2D eigenvalue weighted by Gasteiger charge is 2.22. The van der Waals surface area contributed by atoms with Crippen LogP contribution in [0.15, 0.2) is 28.5 Å². The monoisotopic (exact) mass is 454 g/mol. The molecule has 0 radical (unpaired) electrons. The normalized spacial score (nSPS) is 16.5. The third-order valence-corrected chi connectivity index (χ3v) is 7.28. The van der Waals surface area contributed by atoms with Gasteiger partial charge in [0.15, 0.2) is 33.6 Å². The predicted octanol–water partition coefficient (Wildman–Crippen LogP) is 2.90. The van der Waals surface area contributed by atoms with Gasteiger partial charge in [0.25, 0.3) is 0 Å². The molecule has 2 N–H and O–H groups in total. The summed E-state index contributed by atoms with van der Waals surface area (Å²) in [5.74, 6) is 2.49. The Hall–Kier alpha value is -3.01. The van der Waals surface area contributed by atoms with Crippen molar-refractivity contribution in [1.82, 2.24) is 24.4 Å². The van der Waals surface area contributed by atoms with Gasteiger partial charge in [-0.2, -0.15) is 0 Å². The van der Waals surface area contributed by atoms with E-state index in [4.69, 9.17) is 20.2 Å². The maximum atomic E-state index is 11.0. The van der Waals surface area contributed by atoms with Crippen LogP contribution in [0, 0.1) is 12.8 Å². The standard InChI is InChI=1S/C22H26N6O3S/c1-14-10-16-17(31-9-8-30-16)11-18(14)32-22-26-19-20(23)24-12-25-21(19)28(22)7-4-15-2-5-27(13-29)6-3-15/h10-13,15H,2-9H2,1H3,(H2,23,24,25). The predicted molar refractivity (Wildman–Crippen MR) is 121 cm³/mol. The van der Waals surface area contributed by atoms with Crippen molar-refractivity contribution in [3.8, 4) is 11.5 Å². The first kappa shape index (κ1) is 20.9. The van der Waals surface area contributed by atoms with Crippen LogP contribution < -0.4 is 15.2 Å². The Morgan fingerprint density at radius 3 is 2.69 bits per heavy atom. The second kappa shape index (κ2) is 8.85. The average Bonchev–Trinajstić information content (AvgIpc) is 3.17. The number of hydrogen-bond acceptors (Lipinski definition) is 8. The molecule has 2 aliphatic heterocycles. The van der Waals surface area contributed by atoms with Gasteiger partial charge in [-0.1, -0.05) is 11.8 Å². The number of carbonyl (C=O) groups excluding carboxylic acids is 1. The lowest BCUT2D eigenvalue weighted by atomic mass is 9.94. The average molecular weight is 455 g/mol. The first-order chi connectivity index (χ1) is 15.6. The lowest BCUT2D eigenvalue weighted by Crippen LogP contribution is -2.32. The Labute approximate surface area is 190 Å². The number of fused-ring (bicyclic) bond motifs is 2. The van der Waals surface area contributed by atoms with Crippen LogP contribution >= 0.6 is 11.8 Å². The summed E-state index contributed by atoms with van der Waals surface area (Å²) in [6.45, 7) is 5.61. The van der Waals surface area contributed by atoms with Gasteiger partial charge < -0.3 is 24.7 Å². The lowest BCUT2D eigenvalue weighted by molar-refractivity contribution is -0.119. The summed E-state index contributed by atoms with van der Waals surface area (Å²) in [7, 11) is 0. The molecule has 1 saturated heterocycles. The first-order valence-electron chi connectivity index (χ1n) is 10.9. The molecular weight excluding hydrogens is 428 g/mol. The van der Waals surface area contributed by atoms with Crippen molar-refractivity contribution < 1.29 is 14.3 Å². The Morgan fingerprint density at radius 2 is 1.94 bits per heavy atom. The van der Waals surface area contributed by atoms with Crippen LogP contribution in [0.5, 0.6) is 11.5 Å². The van der Waals surface area contributed by atoms with Gasteiger partial charge in [-0.25, -0.2) is 15.0 Å². The summed E-state index contributed by atoms with van der Waals surface area (Å²) >= 11 is 1.58. The van der Waals surface area contributed by atoms with Gasteiger partial charge in [0.2, 0.25) is 6.41 Å². The quantitative estimate of drug-likeness (QED) is 0.567. The minimum Gasteiger partial charge on any atom is -0.486 e. The van der Waals surface area contributed by atoms with E-state index >= 15 is 0 Å². The molecule has 168 valence electrons.